The minimum atomic E-state index is -0.0754. The lowest BCUT2D eigenvalue weighted by atomic mass is 9.80. The Morgan fingerprint density at radius 3 is 1.37 bits per heavy atom. The summed E-state index contributed by atoms with van der Waals surface area (Å²) < 4.78 is 0. The third-order valence-corrected chi connectivity index (χ3v) is 15.5. The SMILES string of the molecule is CC1(C)c2ccccc2-c2cc(-c3ccc(-c4c5ccc(N6CCCCC6)cc5c(-c5ccc6c(c5)C(C)(C)c5ccccc5-6)c5ccc(N6CCCCC6)cc45)cc3)ccc21. The van der Waals surface area contributed by atoms with Crippen LogP contribution in [0.4, 0.5) is 11.4 Å². The van der Waals surface area contributed by atoms with E-state index in [-0.39, 0.29) is 10.8 Å². The number of fused-ring (bicyclic) bond motifs is 8. The highest BCUT2D eigenvalue weighted by Gasteiger charge is 2.37. The predicted octanol–water partition coefficient (Wildman–Crippen LogP) is 15.6. The molecule has 0 N–H and O–H groups in total. The lowest BCUT2D eigenvalue weighted by Gasteiger charge is -2.30. The maximum absolute atomic E-state index is 2.63. The van der Waals surface area contributed by atoms with E-state index < -0.39 is 0 Å². The summed E-state index contributed by atoms with van der Waals surface area (Å²) in [5.74, 6) is 0. The average molecular weight is 805 g/mol. The number of piperidine rings is 2. The Labute approximate surface area is 367 Å². The molecule has 8 aromatic rings. The highest BCUT2D eigenvalue weighted by Crippen LogP contribution is 2.53. The zero-order valence-electron chi connectivity index (χ0n) is 36.8. The minimum absolute atomic E-state index is 0.00447. The second-order valence-electron chi connectivity index (χ2n) is 19.7. The first-order valence-corrected chi connectivity index (χ1v) is 23.4. The third-order valence-electron chi connectivity index (χ3n) is 15.5. The van der Waals surface area contributed by atoms with Gasteiger partial charge in [-0.2, -0.15) is 0 Å². The number of nitrogens with zero attached hydrogens (tertiary/aromatic N) is 2. The highest BCUT2D eigenvalue weighted by atomic mass is 15.1. The Hall–Kier alpha value is -6.12. The van der Waals surface area contributed by atoms with Gasteiger partial charge in [-0.3, -0.25) is 0 Å². The van der Waals surface area contributed by atoms with Crippen molar-refractivity contribution in [2.75, 3.05) is 36.0 Å². The molecule has 8 aromatic carbocycles. The summed E-state index contributed by atoms with van der Waals surface area (Å²) in [7, 11) is 0. The second kappa shape index (κ2) is 14.2. The molecule has 2 aliphatic carbocycles. The Balaban J connectivity index is 1.07. The van der Waals surface area contributed by atoms with Crippen LogP contribution in [0.1, 0.15) is 88.5 Å². The molecule has 0 amide bonds. The van der Waals surface area contributed by atoms with Crippen LogP contribution in [0.25, 0.3) is 77.2 Å². The van der Waals surface area contributed by atoms with Gasteiger partial charge in [0.2, 0.25) is 0 Å². The van der Waals surface area contributed by atoms with Crippen LogP contribution in [-0.2, 0) is 10.8 Å². The van der Waals surface area contributed by atoms with Crippen molar-refractivity contribution >= 4 is 32.9 Å². The average Bonchev–Trinajstić information content (AvgIpc) is 3.69. The van der Waals surface area contributed by atoms with E-state index in [0.29, 0.717) is 0 Å². The molecule has 0 aromatic heterocycles. The molecule has 12 rings (SSSR count). The molecular weight excluding hydrogens is 749 g/mol. The van der Waals surface area contributed by atoms with Gasteiger partial charge in [0.25, 0.3) is 0 Å². The fraction of sp³-hybridized carbons (Fsp3) is 0.267. The standard InChI is InChI=1S/C60H56N2/c1-59(2)54-18-10-8-16-46(54)50-35-41(24-30-55(50)59)39-19-21-40(22-20-39)57-48-28-25-44(62-33-13-6-14-34-62)38-52(48)58(49-29-26-43(37-51(49)57)61-31-11-5-12-32-61)42-23-27-47-45-15-7-9-17-53(45)60(3,4)56(47)36-42/h7-10,15-30,35-38H,5-6,11-14,31-34H2,1-4H3. The van der Waals surface area contributed by atoms with Gasteiger partial charge in [0.05, 0.1) is 0 Å². The van der Waals surface area contributed by atoms with Gasteiger partial charge < -0.3 is 9.80 Å². The molecule has 2 heterocycles. The lowest BCUT2D eigenvalue weighted by Crippen LogP contribution is -2.29. The van der Waals surface area contributed by atoms with Crippen molar-refractivity contribution in [3.8, 4) is 55.6 Å². The van der Waals surface area contributed by atoms with Crippen LogP contribution in [0, 0.1) is 0 Å². The van der Waals surface area contributed by atoms with Gasteiger partial charge in [-0.25, -0.2) is 0 Å². The van der Waals surface area contributed by atoms with Crippen molar-refractivity contribution in [2.45, 2.75) is 77.0 Å². The maximum atomic E-state index is 2.63. The van der Waals surface area contributed by atoms with E-state index in [0.717, 1.165) is 26.2 Å². The Morgan fingerprint density at radius 1 is 0.323 bits per heavy atom. The first-order valence-electron chi connectivity index (χ1n) is 23.4. The zero-order chi connectivity index (χ0) is 41.7. The van der Waals surface area contributed by atoms with E-state index in [1.165, 1.54) is 149 Å². The van der Waals surface area contributed by atoms with Crippen molar-refractivity contribution in [3.05, 3.63) is 168 Å². The molecule has 4 aliphatic rings. The molecule has 2 fully saturated rings. The molecular formula is C60H56N2. The van der Waals surface area contributed by atoms with Crippen molar-refractivity contribution in [1.29, 1.82) is 0 Å². The summed E-state index contributed by atoms with van der Waals surface area (Å²) in [5.41, 5.74) is 21.6. The van der Waals surface area contributed by atoms with Crippen LogP contribution in [0.3, 0.4) is 0 Å². The molecule has 2 saturated heterocycles. The van der Waals surface area contributed by atoms with Crippen LogP contribution in [0.15, 0.2) is 146 Å². The molecule has 62 heavy (non-hydrogen) atoms. The van der Waals surface area contributed by atoms with E-state index in [1.54, 1.807) is 0 Å². The molecule has 0 saturated carbocycles. The maximum Gasteiger partial charge on any atom is 0.0372 e. The first-order chi connectivity index (χ1) is 30.3. The van der Waals surface area contributed by atoms with Gasteiger partial charge in [0, 0.05) is 48.4 Å². The summed E-state index contributed by atoms with van der Waals surface area (Å²) in [6.07, 6.45) is 7.68. The van der Waals surface area contributed by atoms with E-state index in [1.807, 2.05) is 0 Å². The topological polar surface area (TPSA) is 6.48 Å². The smallest absolute Gasteiger partial charge is 0.0372 e. The lowest BCUT2D eigenvalue weighted by molar-refractivity contribution is 0.578. The molecule has 0 unspecified atom stereocenters. The number of benzene rings is 8. The highest BCUT2D eigenvalue weighted by molar-refractivity contribution is 6.22. The van der Waals surface area contributed by atoms with Gasteiger partial charge in [-0.1, -0.05) is 137 Å². The quantitative estimate of drug-likeness (QED) is 0.160. The molecule has 2 heteroatoms. The van der Waals surface area contributed by atoms with E-state index in [9.17, 15) is 0 Å². The number of hydrogen-bond acceptors (Lipinski definition) is 2. The van der Waals surface area contributed by atoms with Gasteiger partial charge >= 0.3 is 0 Å². The summed E-state index contributed by atoms with van der Waals surface area (Å²) in [6, 6.07) is 56.9. The van der Waals surface area contributed by atoms with E-state index >= 15 is 0 Å². The number of anilines is 2. The van der Waals surface area contributed by atoms with Crippen molar-refractivity contribution in [2.24, 2.45) is 0 Å². The molecule has 0 bridgehead atoms. The van der Waals surface area contributed by atoms with Crippen molar-refractivity contribution in [3.63, 3.8) is 0 Å². The van der Waals surface area contributed by atoms with Crippen LogP contribution < -0.4 is 9.80 Å². The van der Waals surface area contributed by atoms with E-state index in [4.69, 9.17) is 0 Å². The molecule has 0 spiro atoms. The van der Waals surface area contributed by atoms with Crippen LogP contribution >= 0.6 is 0 Å². The molecule has 306 valence electrons. The Kier molecular flexibility index (Phi) is 8.62. The zero-order valence-corrected chi connectivity index (χ0v) is 36.8. The van der Waals surface area contributed by atoms with Gasteiger partial charge in [0.1, 0.15) is 0 Å². The van der Waals surface area contributed by atoms with Crippen LogP contribution in [0.2, 0.25) is 0 Å². The molecule has 0 radical (unpaired) electrons. The van der Waals surface area contributed by atoms with Gasteiger partial charge in [0.15, 0.2) is 0 Å². The summed E-state index contributed by atoms with van der Waals surface area (Å²) in [5, 5.41) is 5.35. The fourth-order valence-corrected chi connectivity index (χ4v) is 12.1. The molecule has 2 nitrogen and oxygen atoms in total. The summed E-state index contributed by atoms with van der Waals surface area (Å²) in [4.78, 5) is 5.25. The van der Waals surface area contributed by atoms with Crippen molar-refractivity contribution in [1.82, 2.24) is 0 Å². The fourth-order valence-electron chi connectivity index (χ4n) is 12.1. The van der Waals surface area contributed by atoms with Gasteiger partial charge in [-0.15, -0.1) is 0 Å². The summed E-state index contributed by atoms with van der Waals surface area (Å²) in [6.45, 7) is 14.0. The molecule has 2 aliphatic heterocycles. The largest absolute Gasteiger partial charge is 0.372 e. The summed E-state index contributed by atoms with van der Waals surface area (Å²) >= 11 is 0. The second-order valence-corrected chi connectivity index (χ2v) is 19.7. The Bertz CT molecular complexity index is 3080. The predicted molar refractivity (Wildman–Crippen MR) is 265 cm³/mol. The van der Waals surface area contributed by atoms with Crippen LogP contribution in [0.5, 0.6) is 0 Å². The van der Waals surface area contributed by atoms with Crippen molar-refractivity contribution < 1.29 is 0 Å². The first kappa shape index (κ1) is 37.6. The third kappa shape index (κ3) is 5.75. The minimum Gasteiger partial charge on any atom is -0.372 e. The normalized spacial score (nSPS) is 17.2. The van der Waals surface area contributed by atoms with Gasteiger partial charge in [-0.05, 0) is 174 Å². The molecule has 0 atom stereocenters. The van der Waals surface area contributed by atoms with E-state index in [2.05, 4.69) is 183 Å². The number of rotatable bonds is 5. The Morgan fingerprint density at radius 2 is 0.774 bits per heavy atom. The van der Waals surface area contributed by atoms with Crippen LogP contribution in [-0.4, -0.2) is 26.2 Å². The number of hydrogen-bond donors (Lipinski definition) is 0. The monoisotopic (exact) mass is 804 g/mol.